The Labute approximate surface area is 258 Å². The number of rotatable bonds is 7. The van der Waals surface area contributed by atoms with Gasteiger partial charge in [0.2, 0.25) is 5.95 Å². The van der Waals surface area contributed by atoms with Crippen molar-refractivity contribution >= 4 is 17.6 Å². The van der Waals surface area contributed by atoms with Crippen LogP contribution in [-0.4, -0.2) is 55.8 Å². The van der Waals surface area contributed by atoms with Gasteiger partial charge < -0.3 is 20.0 Å². The minimum absolute atomic E-state index is 0.112. The highest BCUT2D eigenvalue weighted by molar-refractivity contribution is 5.87. The lowest BCUT2D eigenvalue weighted by Gasteiger charge is -2.40. The first-order valence-electron chi connectivity index (χ1n) is 15.4. The zero-order chi connectivity index (χ0) is 31.0. The Balaban J connectivity index is 1.38. The number of carboxylic acid groups (broad SMARTS) is 1. The van der Waals surface area contributed by atoms with E-state index in [1.165, 1.54) is 11.1 Å². The molecule has 0 aliphatic carbocycles. The summed E-state index contributed by atoms with van der Waals surface area (Å²) in [4.78, 5) is 35.0. The topological polar surface area (TPSA) is 116 Å². The van der Waals surface area contributed by atoms with Gasteiger partial charge in [-0.25, -0.2) is 9.97 Å². The Morgan fingerprint density at radius 2 is 1.80 bits per heavy atom. The highest BCUT2D eigenvalue weighted by atomic mass is 16.4. The molecule has 1 fully saturated rings. The molecule has 5 heterocycles. The number of carboxylic acids is 1. The number of aromatic nitrogens is 4. The third-order valence-electron chi connectivity index (χ3n) is 9.05. The van der Waals surface area contributed by atoms with E-state index in [1.807, 2.05) is 31.3 Å². The highest BCUT2D eigenvalue weighted by Crippen LogP contribution is 2.44. The first kappa shape index (κ1) is 29.7. The number of fused-ring (bicyclic) bond motifs is 1. The Bertz CT molecular complexity index is 1680. The van der Waals surface area contributed by atoms with Crippen LogP contribution in [-0.2, 0) is 24.2 Å². The van der Waals surface area contributed by atoms with Crippen molar-refractivity contribution in [3.8, 4) is 22.4 Å². The van der Waals surface area contributed by atoms with Gasteiger partial charge in [-0.3, -0.25) is 14.8 Å². The quantitative estimate of drug-likeness (QED) is 0.276. The molecule has 228 valence electrons. The minimum atomic E-state index is -0.885. The fraction of sp³-hybridized carbons (Fsp3) is 0.400. The lowest BCUT2D eigenvalue weighted by Crippen LogP contribution is -2.38. The molecule has 4 aromatic rings. The van der Waals surface area contributed by atoms with Crippen molar-refractivity contribution in [1.29, 1.82) is 0 Å². The number of aliphatic hydroxyl groups is 1. The number of aliphatic carboxylic acids is 1. The number of carbonyl (C=O) groups is 1. The third kappa shape index (κ3) is 6.01. The number of pyridine rings is 2. The van der Waals surface area contributed by atoms with E-state index in [9.17, 15) is 15.0 Å². The van der Waals surface area contributed by atoms with E-state index in [-0.39, 0.29) is 11.8 Å². The summed E-state index contributed by atoms with van der Waals surface area (Å²) in [7, 11) is 0. The van der Waals surface area contributed by atoms with E-state index >= 15 is 0 Å². The molecular weight excluding hydrogens is 552 g/mol. The Hall–Kier alpha value is -4.37. The van der Waals surface area contributed by atoms with Crippen LogP contribution in [0.3, 0.4) is 0 Å². The molecule has 2 N–H and O–H groups in total. The maximum atomic E-state index is 12.1. The molecule has 0 spiro atoms. The van der Waals surface area contributed by atoms with Gasteiger partial charge in [0.05, 0.1) is 29.6 Å². The average Bonchev–Trinajstić information content (AvgIpc) is 3.01. The van der Waals surface area contributed by atoms with Crippen LogP contribution in [0.25, 0.3) is 22.4 Å². The molecule has 1 aromatic carbocycles. The summed E-state index contributed by atoms with van der Waals surface area (Å²) in [5.41, 5.74) is 9.14. The van der Waals surface area contributed by atoms with Gasteiger partial charge in [-0.05, 0) is 73.4 Å². The maximum Gasteiger partial charge on any atom is 0.307 e. The molecule has 0 bridgehead atoms. The normalized spacial score (nSPS) is 16.8. The van der Waals surface area contributed by atoms with Crippen molar-refractivity contribution < 1.29 is 15.0 Å². The summed E-state index contributed by atoms with van der Waals surface area (Å²) in [5, 5.41) is 20.8. The molecule has 0 radical (unpaired) electrons. The molecule has 1 atom stereocenters. The molecule has 0 amide bonds. The smallest absolute Gasteiger partial charge is 0.307 e. The van der Waals surface area contributed by atoms with Crippen LogP contribution in [0.4, 0.5) is 11.6 Å². The second kappa shape index (κ2) is 12.0. The van der Waals surface area contributed by atoms with Gasteiger partial charge in [0.1, 0.15) is 0 Å². The SMILES string of the molecule is Cc1nc(C(C)O)c(-c2ccc3c(c2)CCN(c2nccc(-c4cccnc4)n2)C3)c(N2CCC(C)(C)CC2)c1CC(=O)O. The van der Waals surface area contributed by atoms with E-state index < -0.39 is 12.1 Å². The summed E-state index contributed by atoms with van der Waals surface area (Å²) >= 11 is 0. The van der Waals surface area contributed by atoms with Crippen LogP contribution in [0.5, 0.6) is 0 Å². The standard InChI is InChI=1S/C35H40N6O3/c1-22-28(19-30(43)44)33(40-16-11-35(3,4)12-17-40)31(32(38-22)23(2)42)25-7-8-27-21-41(15-10-24(27)18-25)34-37-14-9-29(39-34)26-6-5-13-36-20-26/h5-9,13-14,18,20,23,42H,10-12,15-17,19,21H2,1-4H3,(H,43,44). The molecular formula is C35H40N6O3. The molecule has 1 saturated heterocycles. The third-order valence-corrected chi connectivity index (χ3v) is 9.05. The Morgan fingerprint density at radius 1 is 1.00 bits per heavy atom. The largest absolute Gasteiger partial charge is 0.481 e. The second-order valence-corrected chi connectivity index (χ2v) is 12.8. The van der Waals surface area contributed by atoms with Crippen molar-refractivity contribution in [2.24, 2.45) is 5.41 Å². The van der Waals surface area contributed by atoms with Crippen LogP contribution in [0, 0.1) is 12.3 Å². The molecule has 3 aromatic heterocycles. The fourth-order valence-electron chi connectivity index (χ4n) is 6.44. The lowest BCUT2D eigenvalue weighted by molar-refractivity contribution is -0.136. The van der Waals surface area contributed by atoms with Gasteiger partial charge >= 0.3 is 5.97 Å². The van der Waals surface area contributed by atoms with Crippen LogP contribution >= 0.6 is 0 Å². The predicted octanol–water partition coefficient (Wildman–Crippen LogP) is 5.78. The van der Waals surface area contributed by atoms with Crippen molar-refractivity contribution in [2.75, 3.05) is 29.4 Å². The second-order valence-electron chi connectivity index (χ2n) is 12.8. The lowest BCUT2D eigenvalue weighted by atomic mass is 9.81. The summed E-state index contributed by atoms with van der Waals surface area (Å²) in [6.45, 7) is 11.3. The van der Waals surface area contributed by atoms with E-state index in [4.69, 9.17) is 9.97 Å². The fourth-order valence-corrected chi connectivity index (χ4v) is 6.44. The van der Waals surface area contributed by atoms with Crippen LogP contribution < -0.4 is 9.80 Å². The van der Waals surface area contributed by atoms with E-state index in [1.54, 1.807) is 19.3 Å². The zero-order valence-electron chi connectivity index (χ0n) is 25.9. The monoisotopic (exact) mass is 592 g/mol. The van der Waals surface area contributed by atoms with E-state index in [2.05, 4.69) is 51.8 Å². The van der Waals surface area contributed by atoms with E-state index in [0.717, 1.165) is 72.5 Å². The van der Waals surface area contributed by atoms with Crippen molar-refractivity contribution in [3.05, 3.63) is 83.1 Å². The molecule has 9 nitrogen and oxygen atoms in total. The summed E-state index contributed by atoms with van der Waals surface area (Å²) < 4.78 is 0. The number of piperidine rings is 1. The van der Waals surface area contributed by atoms with Gasteiger partial charge in [-0.1, -0.05) is 32.0 Å². The van der Waals surface area contributed by atoms with Gasteiger partial charge in [0.25, 0.3) is 0 Å². The van der Waals surface area contributed by atoms with Crippen molar-refractivity contribution in [3.63, 3.8) is 0 Å². The molecule has 44 heavy (non-hydrogen) atoms. The van der Waals surface area contributed by atoms with Crippen molar-refractivity contribution in [2.45, 2.75) is 66.0 Å². The van der Waals surface area contributed by atoms with Crippen LogP contribution in [0.1, 0.15) is 67.8 Å². The van der Waals surface area contributed by atoms with Gasteiger partial charge in [0, 0.05) is 67.2 Å². The zero-order valence-corrected chi connectivity index (χ0v) is 25.9. The highest BCUT2D eigenvalue weighted by Gasteiger charge is 2.32. The molecule has 0 saturated carbocycles. The van der Waals surface area contributed by atoms with Gasteiger partial charge in [0.15, 0.2) is 0 Å². The molecule has 2 aliphatic rings. The maximum absolute atomic E-state index is 12.1. The summed E-state index contributed by atoms with van der Waals surface area (Å²) in [6.07, 6.45) is 7.26. The molecule has 2 aliphatic heterocycles. The van der Waals surface area contributed by atoms with Crippen LogP contribution in [0.2, 0.25) is 0 Å². The minimum Gasteiger partial charge on any atom is -0.481 e. The number of hydrogen-bond donors (Lipinski definition) is 2. The number of aliphatic hydroxyl groups excluding tert-OH is 1. The van der Waals surface area contributed by atoms with Crippen molar-refractivity contribution in [1.82, 2.24) is 19.9 Å². The molecule has 9 heteroatoms. The number of hydrogen-bond acceptors (Lipinski definition) is 8. The predicted molar refractivity (Wildman–Crippen MR) is 172 cm³/mol. The summed E-state index contributed by atoms with van der Waals surface area (Å²) in [6, 6.07) is 12.2. The number of nitrogens with zero attached hydrogens (tertiary/aromatic N) is 6. The van der Waals surface area contributed by atoms with E-state index in [0.29, 0.717) is 23.9 Å². The Kier molecular flexibility index (Phi) is 8.07. The number of benzene rings is 1. The molecule has 1 unspecified atom stereocenters. The number of anilines is 2. The van der Waals surface area contributed by atoms with Crippen LogP contribution in [0.15, 0.2) is 55.0 Å². The molecule has 6 rings (SSSR count). The van der Waals surface area contributed by atoms with Gasteiger partial charge in [-0.2, -0.15) is 0 Å². The average molecular weight is 593 g/mol. The number of aryl methyl sites for hydroxylation is 1. The first-order chi connectivity index (χ1) is 21.1. The first-order valence-corrected chi connectivity index (χ1v) is 15.4. The summed E-state index contributed by atoms with van der Waals surface area (Å²) in [5.74, 6) is -0.196. The Morgan fingerprint density at radius 3 is 2.50 bits per heavy atom. The van der Waals surface area contributed by atoms with Gasteiger partial charge in [-0.15, -0.1) is 0 Å².